The van der Waals surface area contributed by atoms with Crippen LogP contribution in [0.25, 0.3) is 0 Å². The van der Waals surface area contributed by atoms with Gasteiger partial charge in [0.15, 0.2) is 0 Å². The number of benzene rings is 1. The Labute approximate surface area is 156 Å². The van der Waals surface area contributed by atoms with Crippen LogP contribution < -0.4 is 5.56 Å². The molecule has 1 aromatic heterocycles. The van der Waals surface area contributed by atoms with E-state index in [0.717, 1.165) is 18.4 Å². The molecule has 0 bridgehead atoms. The molecule has 1 fully saturated rings. The first-order valence-electron chi connectivity index (χ1n) is 8.22. The minimum absolute atomic E-state index is 0.0297. The van der Waals surface area contributed by atoms with E-state index >= 15 is 0 Å². The van der Waals surface area contributed by atoms with Crippen molar-refractivity contribution in [3.63, 3.8) is 0 Å². The first-order chi connectivity index (χ1) is 12.0. The Hall–Kier alpha value is -1.85. The molecule has 0 spiro atoms. The number of carbonyl (C=O) groups is 1. The Morgan fingerprint density at radius 2 is 1.80 bits per heavy atom. The predicted molar refractivity (Wildman–Crippen MR) is 98.3 cm³/mol. The molecule has 0 aliphatic carbocycles. The fraction of sp³-hybridized carbons (Fsp3) is 0.389. The van der Waals surface area contributed by atoms with Gasteiger partial charge in [0.05, 0.1) is 5.69 Å². The van der Waals surface area contributed by atoms with Crippen molar-refractivity contribution >= 4 is 29.1 Å². The molecule has 0 saturated carbocycles. The lowest BCUT2D eigenvalue weighted by molar-refractivity contribution is -0.133. The molecule has 1 saturated heterocycles. The minimum atomic E-state index is -0.267. The molecule has 5 nitrogen and oxygen atoms in total. The van der Waals surface area contributed by atoms with E-state index in [1.165, 1.54) is 10.7 Å². The topological polar surface area (TPSA) is 55.2 Å². The van der Waals surface area contributed by atoms with E-state index in [0.29, 0.717) is 28.8 Å². The van der Waals surface area contributed by atoms with Gasteiger partial charge in [-0.25, -0.2) is 4.68 Å². The van der Waals surface area contributed by atoms with E-state index < -0.39 is 0 Å². The van der Waals surface area contributed by atoms with Crippen molar-refractivity contribution < 1.29 is 4.79 Å². The van der Waals surface area contributed by atoms with Crippen molar-refractivity contribution in [1.29, 1.82) is 0 Å². The lowest BCUT2D eigenvalue weighted by Gasteiger charge is -2.33. The number of nitrogens with zero attached hydrogens (tertiary/aromatic N) is 3. The Balaban J connectivity index is 1.65. The van der Waals surface area contributed by atoms with Crippen molar-refractivity contribution in [1.82, 2.24) is 14.7 Å². The molecule has 25 heavy (non-hydrogen) atoms. The smallest absolute Gasteiger partial charge is 0.267 e. The number of halogens is 2. The summed E-state index contributed by atoms with van der Waals surface area (Å²) in [6.07, 6.45) is 1.59. The summed E-state index contributed by atoms with van der Waals surface area (Å²) >= 11 is 12.6. The van der Waals surface area contributed by atoms with Crippen LogP contribution in [0.1, 0.15) is 30.0 Å². The number of aromatic nitrogens is 2. The highest BCUT2D eigenvalue weighted by Crippen LogP contribution is 2.37. The number of hydrogen-bond donors (Lipinski definition) is 0. The fourth-order valence-corrected chi connectivity index (χ4v) is 3.92. The van der Waals surface area contributed by atoms with Crippen LogP contribution in [0.5, 0.6) is 0 Å². The highest BCUT2D eigenvalue weighted by Gasteiger charge is 2.26. The standard InChI is InChI=1S/C18H19Cl2N3O2/c1-12-5-6-16(24)23(21-12)11-17(25)22-9-7-13(8-10-22)18-14(19)3-2-4-15(18)20/h2-6,13H,7-11H2,1H3. The van der Waals surface area contributed by atoms with Gasteiger partial charge in [-0.1, -0.05) is 29.3 Å². The van der Waals surface area contributed by atoms with Gasteiger partial charge < -0.3 is 4.90 Å². The number of piperidine rings is 1. The summed E-state index contributed by atoms with van der Waals surface area (Å²) in [5.41, 5.74) is 1.41. The minimum Gasteiger partial charge on any atom is -0.341 e. The monoisotopic (exact) mass is 379 g/mol. The maximum absolute atomic E-state index is 12.5. The summed E-state index contributed by atoms with van der Waals surface area (Å²) in [6.45, 7) is 2.99. The maximum atomic E-state index is 12.5. The molecule has 0 radical (unpaired) electrons. The SMILES string of the molecule is Cc1ccc(=O)n(CC(=O)N2CCC(c3c(Cl)cccc3Cl)CC2)n1. The predicted octanol–water partition coefficient (Wildman–Crippen LogP) is 3.26. The molecule has 1 aliphatic heterocycles. The van der Waals surface area contributed by atoms with Crippen LogP contribution in [0.3, 0.4) is 0 Å². The number of rotatable bonds is 3. The van der Waals surface area contributed by atoms with Crippen molar-refractivity contribution in [2.24, 2.45) is 0 Å². The summed E-state index contributed by atoms with van der Waals surface area (Å²) in [4.78, 5) is 26.1. The maximum Gasteiger partial charge on any atom is 0.267 e. The Kier molecular flexibility index (Phi) is 5.45. The first-order valence-corrected chi connectivity index (χ1v) is 8.98. The van der Waals surface area contributed by atoms with Gasteiger partial charge in [0.25, 0.3) is 5.56 Å². The number of likely N-dealkylation sites (tertiary alicyclic amines) is 1. The lowest BCUT2D eigenvalue weighted by Crippen LogP contribution is -2.41. The zero-order chi connectivity index (χ0) is 18.0. The molecule has 7 heteroatoms. The van der Waals surface area contributed by atoms with Crippen LogP contribution in [0.4, 0.5) is 0 Å². The zero-order valence-corrected chi connectivity index (χ0v) is 15.4. The van der Waals surface area contributed by atoms with Crippen molar-refractivity contribution in [2.45, 2.75) is 32.2 Å². The zero-order valence-electron chi connectivity index (χ0n) is 13.9. The van der Waals surface area contributed by atoms with E-state index in [-0.39, 0.29) is 23.9 Å². The van der Waals surface area contributed by atoms with Crippen LogP contribution >= 0.6 is 23.2 Å². The average Bonchev–Trinajstić information content (AvgIpc) is 2.58. The number of aryl methyl sites for hydroxylation is 1. The van der Waals surface area contributed by atoms with E-state index in [1.807, 2.05) is 18.2 Å². The largest absolute Gasteiger partial charge is 0.341 e. The third-order valence-electron chi connectivity index (χ3n) is 4.54. The molecular weight excluding hydrogens is 361 g/mol. The molecule has 0 unspecified atom stereocenters. The number of carbonyl (C=O) groups excluding carboxylic acids is 1. The van der Waals surface area contributed by atoms with E-state index in [4.69, 9.17) is 23.2 Å². The summed E-state index contributed by atoms with van der Waals surface area (Å²) in [5, 5.41) is 5.46. The molecule has 132 valence electrons. The number of hydrogen-bond acceptors (Lipinski definition) is 3. The summed E-state index contributed by atoms with van der Waals surface area (Å²) < 4.78 is 1.22. The molecule has 2 heterocycles. The second-order valence-electron chi connectivity index (χ2n) is 6.26. The number of amides is 1. The molecular formula is C18H19Cl2N3O2. The third-order valence-corrected chi connectivity index (χ3v) is 5.20. The molecule has 1 amide bonds. The van der Waals surface area contributed by atoms with Gasteiger partial charge in [0.2, 0.25) is 5.91 Å². The van der Waals surface area contributed by atoms with E-state index in [1.54, 1.807) is 17.9 Å². The van der Waals surface area contributed by atoms with Gasteiger partial charge in [-0.2, -0.15) is 5.10 Å². The summed E-state index contributed by atoms with van der Waals surface area (Å²) in [6, 6.07) is 8.59. The van der Waals surface area contributed by atoms with Crippen molar-refractivity contribution in [3.05, 3.63) is 62.0 Å². The van der Waals surface area contributed by atoms with Crippen molar-refractivity contribution in [2.75, 3.05) is 13.1 Å². The molecule has 1 aliphatic rings. The van der Waals surface area contributed by atoms with Gasteiger partial charge in [-0.05, 0) is 49.4 Å². The van der Waals surface area contributed by atoms with E-state index in [9.17, 15) is 9.59 Å². The van der Waals surface area contributed by atoms with Gasteiger partial charge in [0.1, 0.15) is 6.54 Å². The van der Waals surface area contributed by atoms with Crippen LogP contribution in [-0.2, 0) is 11.3 Å². The summed E-state index contributed by atoms with van der Waals surface area (Å²) in [5.74, 6) is 0.147. The van der Waals surface area contributed by atoms with Crippen LogP contribution in [-0.4, -0.2) is 33.7 Å². The van der Waals surface area contributed by atoms with Crippen LogP contribution in [0.2, 0.25) is 10.0 Å². The first kappa shape index (κ1) is 18.0. The lowest BCUT2D eigenvalue weighted by atomic mass is 9.89. The molecule has 3 rings (SSSR count). The average molecular weight is 380 g/mol. The highest BCUT2D eigenvalue weighted by molar-refractivity contribution is 6.36. The Morgan fingerprint density at radius 3 is 2.44 bits per heavy atom. The Morgan fingerprint density at radius 1 is 1.16 bits per heavy atom. The fourth-order valence-electron chi connectivity index (χ4n) is 3.21. The van der Waals surface area contributed by atoms with Gasteiger partial charge >= 0.3 is 0 Å². The normalized spacial score (nSPS) is 15.4. The second kappa shape index (κ2) is 7.58. The summed E-state index contributed by atoms with van der Waals surface area (Å²) in [7, 11) is 0. The second-order valence-corrected chi connectivity index (χ2v) is 7.08. The molecule has 0 atom stereocenters. The van der Waals surface area contributed by atoms with Crippen LogP contribution in [0.15, 0.2) is 35.1 Å². The quantitative estimate of drug-likeness (QED) is 0.822. The van der Waals surface area contributed by atoms with Gasteiger partial charge in [0, 0.05) is 29.2 Å². The van der Waals surface area contributed by atoms with Crippen molar-refractivity contribution in [3.8, 4) is 0 Å². The third kappa shape index (κ3) is 4.05. The molecule has 1 aromatic carbocycles. The van der Waals surface area contributed by atoms with Crippen LogP contribution in [0, 0.1) is 6.92 Å². The van der Waals surface area contributed by atoms with Gasteiger partial charge in [-0.15, -0.1) is 0 Å². The van der Waals surface area contributed by atoms with Gasteiger partial charge in [-0.3, -0.25) is 9.59 Å². The molecule has 2 aromatic rings. The highest BCUT2D eigenvalue weighted by atomic mass is 35.5. The van der Waals surface area contributed by atoms with E-state index in [2.05, 4.69) is 5.10 Å². The Bertz CT molecular complexity index is 822. The molecule has 0 N–H and O–H groups in total.